The molecule has 1 N–H and O–H groups in total. The monoisotopic (exact) mass is 591 g/mol. The van der Waals surface area contributed by atoms with Gasteiger partial charge in [-0.2, -0.15) is 0 Å². The van der Waals surface area contributed by atoms with E-state index < -0.39 is 5.41 Å². The van der Waals surface area contributed by atoms with E-state index >= 15 is 0 Å². The van der Waals surface area contributed by atoms with Gasteiger partial charge < -0.3 is 5.32 Å². The number of anilines is 2. The molecule has 8 aromatic rings. The lowest BCUT2D eigenvalue weighted by Crippen LogP contribution is -2.28. The molecule has 9 rings (SSSR count). The zero-order chi connectivity index (χ0) is 29.8. The van der Waals surface area contributed by atoms with Crippen LogP contribution in [0.25, 0.3) is 42.4 Å². The Morgan fingerprint density at radius 3 is 1.78 bits per heavy atom. The second-order valence-electron chi connectivity index (χ2n) is 11.7. The molecule has 1 aromatic heterocycles. The van der Waals surface area contributed by atoms with Crippen LogP contribution in [0.2, 0.25) is 0 Å². The molecule has 0 unspecified atom stereocenters. The first-order chi connectivity index (χ1) is 22.3. The first kappa shape index (κ1) is 26.0. The van der Waals surface area contributed by atoms with Crippen molar-refractivity contribution in [3.8, 4) is 22.3 Å². The highest BCUT2D eigenvalue weighted by Gasteiger charge is 2.46. The summed E-state index contributed by atoms with van der Waals surface area (Å²) in [5.74, 6) is 0. The maximum Gasteiger partial charge on any atom is 0.0714 e. The number of hydrogen-bond acceptors (Lipinski definition) is 2. The van der Waals surface area contributed by atoms with Crippen molar-refractivity contribution in [2.24, 2.45) is 0 Å². The van der Waals surface area contributed by atoms with Crippen LogP contribution in [0.3, 0.4) is 0 Å². The van der Waals surface area contributed by atoms with Crippen molar-refractivity contribution in [3.63, 3.8) is 0 Å². The maximum atomic E-state index is 3.97. The molecule has 0 spiro atoms. The number of hydrogen-bond donors (Lipinski definition) is 1. The van der Waals surface area contributed by atoms with Crippen LogP contribution in [0.5, 0.6) is 0 Å². The number of fused-ring (bicyclic) bond motifs is 6. The highest BCUT2D eigenvalue weighted by Crippen LogP contribution is 2.58. The molecular formula is C43H29NS. The van der Waals surface area contributed by atoms with Crippen molar-refractivity contribution >= 4 is 42.9 Å². The van der Waals surface area contributed by atoms with E-state index in [1.165, 1.54) is 64.7 Å². The predicted octanol–water partition coefficient (Wildman–Crippen LogP) is 11.8. The van der Waals surface area contributed by atoms with Crippen molar-refractivity contribution in [2.45, 2.75) is 5.41 Å². The van der Waals surface area contributed by atoms with Gasteiger partial charge >= 0.3 is 0 Å². The lowest BCUT2D eigenvalue weighted by atomic mass is 9.68. The third kappa shape index (κ3) is 3.86. The fourth-order valence-corrected chi connectivity index (χ4v) is 8.80. The average Bonchev–Trinajstić information content (AvgIpc) is 3.65. The van der Waals surface area contributed by atoms with E-state index in [2.05, 4.69) is 175 Å². The SMILES string of the molecule is c1ccc(-c2cccc3c2sc2cccc(Nc4cccc5c4-c4ccccc4C5(c4ccccc4)c4ccccc4)c23)cc1. The van der Waals surface area contributed by atoms with Crippen LogP contribution in [0.1, 0.15) is 22.3 Å². The Hall–Kier alpha value is -5.44. The van der Waals surface area contributed by atoms with Gasteiger partial charge in [0.1, 0.15) is 0 Å². The molecule has 1 nitrogen and oxygen atoms in total. The normalized spacial score (nSPS) is 13.1. The van der Waals surface area contributed by atoms with E-state index in [0.29, 0.717) is 0 Å². The van der Waals surface area contributed by atoms with Crippen LogP contribution in [-0.4, -0.2) is 0 Å². The summed E-state index contributed by atoms with van der Waals surface area (Å²) in [6.45, 7) is 0. The molecule has 7 aromatic carbocycles. The van der Waals surface area contributed by atoms with Crippen molar-refractivity contribution in [1.82, 2.24) is 0 Å². The Morgan fingerprint density at radius 1 is 0.444 bits per heavy atom. The van der Waals surface area contributed by atoms with Crippen molar-refractivity contribution in [2.75, 3.05) is 5.32 Å². The molecule has 212 valence electrons. The predicted molar refractivity (Wildman–Crippen MR) is 192 cm³/mol. The highest BCUT2D eigenvalue weighted by molar-refractivity contribution is 7.26. The van der Waals surface area contributed by atoms with Gasteiger partial charge in [-0.15, -0.1) is 11.3 Å². The van der Waals surface area contributed by atoms with Crippen LogP contribution >= 0.6 is 11.3 Å². The van der Waals surface area contributed by atoms with E-state index in [0.717, 1.165) is 11.4 Å². The van der Waals surface area contributed by atoms with Gasteiger partial charge in [0.05, 0.1) is 5.41 Å². The van der Waals surface area contributed by atoms with Crippen LogP contribution in [0, 0.1) is 0 Å². The summed E-state index contributed by atoms with van der Waals surface area (Å²) in [6, 6.07) is 61.8. The van der Waals surface area contributed by atoms with Crippen molar-refractivity contribution in [1.29, 1.82) is 0 Å². The molecule has 0 aliphatic heterocycles. The third-order valence-corrected chi connectivity index (χ3v) is 10.6. The zero-order valence-corrected chi connectivity index (χ0v) is 25.4. The van der Waals surface area contributed by atoms with Crippen LogP contribution in [0.15, 0.2) is 170 Å². The molecule has 2 heteroatoms. The average molecular weight is 592 g/mol. The fourth-order valence-electron chi connectivity index (χ4n) is 7.54. The fraction of sp³-hybridized carbons (Fsp3) is 0.0233. The Bertz CT molecular complexity index is 2300. The molecule has 0 bridgehead atoms. The van der Waals surface area contributed by atoms with E-state index in [1.807, 2.05) is 11.3 Å². The summed E-state index contributed by atoms with van der Waals surface area (Å²) in [5.41, 5.74) is 12.1. The molecule has 45 heavy (non-hydrogen) atoms. The maximum absolute atomic E-state index is 3.97. The van der Waals surface area contributed by atoms with Crippen LogP contribution in [0.4, 0.5) is 11.4 Å². The minimum absolute atomic E-state index is 0.419. The molecule has 0 radical (unpaired) electrons. The molecule has 0 atom stereocenters. The minimum Gasteiger partial charge on any atom is -0.354 e. The van der Waals surface area contributed by atoms with Gasteiger partial charge in [-0.1, -0.05) is 152 Å². The molecule has 1 aliphatic rings. The van der Waals surface area contributed by atoms with Gasteiger partial charge in [-0.3, -0.25) is 0 Å². The summed E-state index contributed by atoms with van der Waals surface area (Å²) in [7, 11) is 0. The standard InChI is InChI=1S/C43H29NS/c1-4-15-29(16-5-1)32-22-12-23-34-41-38(27-14-28-39(41)45-42(32)34)44-37-26-13-25-36-40(37)33-21-10-11-24-35(33)43(36,30-17-6-2-7-18-30)31-19-8-3-9-20-31/h1-28,44H. The molecule has 0 saturated carbocycles. The summed E-state index contributed by atoms with van der Waals surface area (Å²) in [6.07, 6.45) is 0. The Balaban J connectivity index is 1.28. The number of rotatable bonds is 5. The highest BCUT2D eigenvalue weighted by atomic mass is 32.1. The van der Waals surface area contributed by atoms with Crippen LogP contribution < -0.4 is 5.32 Å². The van der Waals surface area contributed by atoms with Gasteiger partial charge in [0, 0.05) is 37.1 Å². The Labute approximate surface area is 267 Å². The Morgan fingerprint density at radius 2 is 1.02 bits per heavy atom. The zero-order valence-electron chi connectivity index (χ0n) is 24.6. The summed E-state index contributed by atoms with van der Waals surface area (Å²) in [5, 5.41) is 6.53. The first-order valence-corrected chi connectivity index (χ1v) is 16.3. The molecular weight excluding hydrogens is 563 g/mol. The third-order valence-electron chi connectivity index (χ3n) is 9.36. The number of benzene rings is 7. The summed E-state index contributed by atoms with van der Waals surface area (Å²) >= 11 is 1.88. The van der Waals surface area contributed by atoms with E-state index in [1.54, 1.807) is 0 Å². The van der Waals surface area contributed by atoms with Gasteiger partial charge in [-0.25, -0.2) is 0 Å². The first-order valence-electron chi connectivity index (χ1n) is 15.4. The number of nitrogens with one attached hydrogen (secondary N) is 1. The van der Waals surface area contributed by atoms with E-state index in [-0.39, 0.29) is 0 Å². The van der Waals surface area contributed by atoms with E-state index in [4.69, 9.17) is 0 Å². The quantitative estimate of drug-likeness (QED) is 0.210. The second-order valence-corrected chi connectivity index (χ2v) is 12.8. The van der Waals surface area contributed by atoms with Gasteiger partial charge in [0.15, 0.2) is 0 Å². The molecule has 0 saturated heterocycles. The van der Waals surface area contributed by atoms with Crippen molar-refractivity contribution < 1.29 is 0 Å². The number of thiophene rings is 1. The summed E-state index contributed by atoms with van der Waals surface area (Å²) in [4.78, 5) is 0. The topological polar surface area (TPSA) is 12.0 Å². The summed E-state index contributed by atoms with van der Waals surface area (Å²) < 4.78 is 2.61. The van der Waals surface area contributed by atoms with Gasteiger partial charge in [0.25, 0.3) is 0 Å². The molecule has 1 heterocycles. The second kappa shape index (κ2) is 10.3. The van der Waals surface area contributed by atoms with Crippen LogP contribution in [-0.2, 0) is 5.41 Å². The van der Waals surface area contributed by atoms with Gasteiger partial charge in [0.2, 0.25) is 0 Å². The largest absolute Gasteiger partial charge is 0.354 e. The Kier molecular flexibility index (Phi) is 5.97. The lowest BCUT2D eigenvalue weighted by molar-refractivity contribution is 0.768. The minimum atomic E-state index is -0.419. The molecule has 0 fully saturated rings. The van der Waals surface area contributed by atoms with Crippen molar-refractivity contribution in [3.05, 3.63) is 192 Å². The van der Waals surface area contributed by atoms with Gasteiger partial charge in [-0.05, 0) is 57.1 Å². The molecule has 1 aliphatic carbocycles. The lowest BCUT2D eigenvalue weighted by Gasteiger charge is -2.33. The van der Waals surface area contributed by atoms with E-state index in [9.17, 15) is 0 Å². The smallest absolute Gasteiger partial charge is 0.0714 e. The molecule has 0 amide bonds.